The van der Waals surface area contributed by atoms with Gasteiger partial charge in [-0.1, -0.05) is 118 Å². The minimum absolute atomic E-state index is 0.126. The Morgan fingerprint density at radius 1 is 0.821 bits per heavy atom. The third kappa shape index (κ3) is 4.98. The third-order valence-electron chi connectivity index (χ3n) is 5.54. The van der Waals surface area contributed by atoms with Crippen LogP contribution in [-0.2, 0) is 6.42 Å². The van der Waals surface area contributed by atoms with Gasteiger partial charge in [-0.2, -0.15) is 0 Å². The lowest BCUT2D eigenvalue weighted by Crippen LogP contribution is -2.10. The van der Waals surface area contributed by atoms with E-state index in [1.54, 1.807) is 0 Å². The summed E-state index contributed by atoms with van der Waals surface area (Å²) in [6, 6.07) is 26.4. The van der Waals surface area contributed by atoms with Gasteiger partial charge >= 0.3 is 0 Å². The van der Waals surface area contributed by atoms with Gasteiger partial charge in [0.2, 0.25) is 0 Å². The molecule has 0 fully saturated rings. The van der Waals surface area contributed by atoms with Crippen LogP contribution in [0.5, 0.6) is 0 Å². The van der Waals surface area contributed by atoms with Crippen LogP contribution in [0, 0.1) is 5.92 Å². The van der Waals surface area contributed by atoms with Crippen molar-refractivity contribution in [3.63, 3.8) is 0 Å². The molecule has 1 unspecified atom stereocenters. The van der Waals surface area contributed by atoms with Crippen molar-refractivity contribution in [1.82, 2.24) is 0 Å². The van der Waals surface area contributed by atoms with Gasteiger partial charge in [-0.25, -0.2) is 0 Å². The number of ketones is 1. The maximum atomic E-state index is 13.2. The molecule has 3 aromatic rings. The van der Waals surface area contributed by atoms with Crippen LogP contribution in [0.15, 0.2) is 78.9 Å². The molecule has 0 aliphatic carbocycles. The number of carbonyl (C=O) groups excluding carboxylic acids is 1. The summed E-state index contributed by atoms with van der Waals surface area (Å²) in [7, 11) is 0. The van der Waals surface area contributed by atoms with Gasteiger partial charge in [0.1, 0.15) is 0 Å². The first kappa shape index (κ1) is 20.1. The van der Waals surface area contributed by atoms with Gasteiger partial charge in [0, 0.05) is 11.1 Å². The summed E-state index contributed by atoms with van der Waals surface area (Å²) in [5.41, 5.74) is 5.17. The van der Waals surface area contributed by atoms with Crippen molar-refractivity contribution in [3.8, 4) is 11.1 Å². The van der Waals surface area contributed by atoms with E-state index in [4.69, 9.17) is 0 Å². The highest BCUT2D eigenvalue weighted by molar-refractivity contribution is 6.10. The van der Waals surface area contributed by atoms with Crippen LogP contribution in [0.3, 0.4) is 0 Å². The van der Waals surface area contributed by atoms with Crippen LogP contribution in [0.25, 0.3) is 11.1 Å². The van der Waals surface area contributed by atoms with Crippen molar-refractivity contribution >= 4 is 5.78 Å². The summed E-state index contributed by atoms with van der Waals surface area (Å²) >= 11 is 0. The van der Waals surface area contributed by atoms with Crippen LogP contribution in [0.2, 0.25) is 0 Å². The Kier molecular flexibility index (Phi) is 7.19. The fourth-order valence-electron chi connectivity index (χ4n) is 3.79. The molecule has 144 valence electrons. The van der Waals surface area contributed by atoms with Crippen molar-refractivity contribution in [2.45, 2.75) is 46.0 Å². The summed E-state index contributed by atoms with van der Waals surface area (Å²) in [4.78, 5) is 13.2. The number of carbonyl (C=O) groups is 1. The highest BCUT2D eigenvalue weighted by atomic mass is 16.1. The number of hydrogen-bond donors (Lipinski definition) is 0. The van der Waals surface area contributed by atoms with Crippen molar-refractivity contribution in [1.29, 1.82) is 0 Å². The van der Waals surface area contributed by atoms with Crippen LogP contribution >= 0.6 is 0 Å². The molecule has 3 aromatic carbocycles. The molecule has 1 heteroatoms. The quantitative estimate of drug-likeness (QED) is 0.360. The summed E-state index contributed by atoms with van der Waals surface area (Å²) in [5.74, 6) is 0.744. The molecule has 0 aliphatic heterocycles. The molecular weight excluding hydrogens is 340 g/mol. The van der Waals surface area contributed by atoms with E-state index in [0.29, 0.717) is 5.92 Å². The van der Waals surface area contributed by atoms with Crippen molar-refractivity contribution < 1.29 is 4.79 Å². The predicted octanol–water partition coefficient (Wildman–Crippen LogP) is 7.34. The van der Waals surface area contributed by atoms with E-state index < -0.39 is 0 Å². The number of hydrogen-bond acceptors (Lipinski definition) is 1. The molecule has 0 radical (unpaired) electrons. The third-order valence-corrected chi connectivity index (χ3v) is 5.54. The van der Waals surface area contributed by atoms with Crippen molar-refractivity contribution in [2.75, 3.05) is 0 Å². The first-order valence-corrected chi connectivity index (χ1v) is 10.5. The molecule has 0 spiro atoms. The fraction of sp³-hybridized carbons (Fsp3) is 0.296. The Labute approximate surface area is 169 Å². The fourth-order valence-corrected chi connectivity index (χ4v) is 3.79. The molecule has 0 amide bonds. The minimum Gasteiger partial charge on any atom is -0.289 e. The van der Waals surface area contributed by atoms with Crippen molar-refractivity contribution in [3.05, 3.63) is 95.6 Å². The second-order valence-electron chi connectivity index (χ2n) is 7.55. The first-order chi connectivity index (χ1) is 13.7. The van der Waals surface area contributed by atoms with Gasteiger partial charge in [0.05, 0.1) is 0 Å². The molecule has 28 heavy (non-hydrogen) atoms. The standard InChI is InChI=1S/C27H30O/c1-3-5-12-21(4-2)19-25-20-24(22-13-8-6-9-14-22)17-18-26(25)27(28)23-15-10-7-11-16-23/h6-11,13-18,20-21H,3-5,12,19H2,1-2H3. The van der Waals surface area contributed by atoms with Gasteiger partial charge in [-0.05, 0) is 29.0 Å². The van der Waals surface area contributed by atoms with E-state index in [9.17, 15) is 4.79 Å². The summed E-state index contributed by atoms with van der Waals surface area (Å²) in [6.45, 7) is 4.51. The zero-order chi connectivity index (χ0) is 19.8. The molecule has 0 aromatic heterocycles. The maximum Gasteiger partial charge on any atom is 0.193 e. The van der Waals surface area contributed by atoms with Crippen LogP contribution in [0.1, 0.15) is 61.0 Å². The average molecular weight is 371 g/mol. The Morgan fingerprint density at radius 2 is 1.50 bits per heavy atom. The zero-order valence-electron chi connectivity index (χ0n) is 17.0. The molecular formula is C27H30O. The van der Waals surface area contributed by atoms with E-state index in [2.05, 4.69) is 50.2 Å². The smallest absolute Gasteiger partial charge is 0.193 e. The van der Waals surface area contributed by atoms with E-state index >= 15 is 0 Å². The van der Waals surface area contributed by atoms with Crippen LogP contribution in [0.4, 0.5) is 0 Å². The summed E-state index contributed by atoms with van der Waals surface area (Å²) < 4.78 is 0. The second-order valence-corrected chi connectivity index (χ2v) is 7.55. The highest BCUT2D eigenvalue weighted by Crippen LogP contribution is 2.28. The molecule has 0 saturated carbocycles. The molecule has 0 bridgehead atoms. The Hall–Kier alpha value is -2.67. The Bertz CT molecular complexity index is 881. The van der Waals surface area contributed by atoms with E-state index in [1.165, 1.54) is 36.0 Å². The lowest BCUT2D eigenvalue weighted by atomic mass is 9.86. The normalized spacial score (nSPS) is 11.9. The number of benzene rings is 3. The van der Waals surface area contributed by atoms with Crippen LogP contribution < -0.4 is 0 Å². The highest BCUT2D eigenvalue weighted by Gasteiger charge is 2.17. The topological polar surface area (TPSA) is 17.1 Å². The summed E-state index contributed by atoms with van der Waals surface area (Å²) in [5, 5.41) is 0. The van der Waals surface area contributed by atoms with Gasteiger partial charge < -0.3 is 0 Å². The van der Waals surface area contributed by atoms with Gasteiger partial charge in [-0.3, -0.25) is 4.79 Å². The maximum absolute atomic E-state index is 13.2. The molecule has 0 saturated heterocycles. The van der Waals surface area contributed by atoms with E-state index in [0.717, 1.165) is 24.0 Å². The Morgan fingerprint density at radius 3 is 2.14 bits per heavy atom. The molecule has 0 aliphatic rings. The monoisotopic (exact) mass is 370 g/mol. The van der Waals surface area contributed by atoms with Gasteiger partial charge in [0.15, 0.2) is 5.78 Å². The molecule has 0 N–H and O–H groups in total. The molecule has 1 atom stereocenters. The largest absolute Gasteiger partial charge is 0.289 e. The predicted molar refractivity (Wildman–Crippen MR) is 119 cm³/mol. The minimum atomic E-state index is 0.126. The number of unbranched alkanes of at least 4 members (excludes halogenated alkanes) is 1. The van der Waals surface area contributed by atoms with Gasteiger partial charge in [-0.15, -0.1) is 0 Å². The molecule has 1 nitrogen and oxygen atoms in total. The Balaban J connectivity index is 1.99. The van der Waals surface area contributed by atoms with Crippen molar-refractivity contribution in [2.24, 2.45) is 5.92 Å². The molecule has 3 rings (SSSR count). The summed E-state index contributed by atoms with van der Waals surface area (Å²) in [6.07, 6.45) is 5.80. The molecule has 0 heterocycles. The first-order valence-electron chi connectivity index (χ1n) is 10.5. The second kappa shape index (κ2) is 10.0. The van der Waals surface area contributed by atoms with E-state index in [-0.39, 0.29) is 5.78 Å². The zero-order valence-corrected chi connectivity index (χ0v) is 17.0. The lowest BCUT2D eigenvalue weighted by molar-refractivity contribution is 0.103. The lowest BCUT2D eigenvalue weighted by Gasteiger charge is -2.18. The van der Waals surface area contributed by atoms with Gasteiger partial charge in [0.25, 0.3) is 0 Å². The van der Waals surface area contributed by atoms with E-state index in [1.807, 2.05) is 42.5 Å². The SMILES string of the molecule is CCCCC(CC)Cc1cc(-c2ccccc2)ccc1C(=O)c1ccccc1. The number of rotatable bonds is 9. The van der Waals surface area contributed by atoms with Crippen LogP contribution in [-0.4, -0.2) is 5.78 Å². The average Bonchev–Trinajstić information content (AvgIpc) is 2.77.